The number of amides is 1. The van der Waals surface area contributed by atoms with E-state index in [4.69, 9.17) is 0 Å². The standard InChI is InChI=1S/C20H24FN5O/c1-22-20-23-17-8-11-25(12-14-4-6-15(21)7-5-14)13-16(17)18(24-20)19(27)26-9-2-3-10-26/h4-7H,2-3,8-13H2,1H3,(H,22,23,24). The lowest BCUT2D eigenvalue weighted by Crippen LogP contribution is -2.35. The van der Waals surface area contributed by atoms with Crippen LogP contribution in [0.3, 0.4) is 0 Å². The summed E-state index contributed by atoms with van der Waals surface area (Å²) in [6.45, 7) is 3.79. The Kier molecular flexibility index (Phi) is 5.03. The number of hydrogen-bond acceptors (Lipinski definition) is 5. The number of benzene rings is 1. The van der Waals surface area contributed by atoms with Crippen LogP contribution in [0.2, 0.25) is 0 Å². The van der Waals surface area contributed by atoms with Gasteiger partial charge in [-0.05, 0) is 30.5 Å². The van der Waals surface area contributed by atoms with E-state index in [1.807, 2.05) is 17.0 Å². The molecule has 0 unspecified atom stereocenters. The van der Waals surface area contributed by atoms with Gasteiger partial charge in [-0.2, -0.15) is 0 Å². The molecule has 6 nitrogen and oxygen atoms in total. The first-order valence-corrected chi connectivity index (χ1v) is 9.47. The first kappa shape index (κ1) is 17.9. The summed E-state index contributed by atoms with van der Waals surface area (Å²) in [4.78, 5) is 26.3. The summed E-state index contributed by atoms with van der Waals surface area (Å²) >= 11 is 0. The highest BCUT2D eigenvalue weighted by molar-refractivity contribution is 5.94. The molecule has 27 heavy (non-hydrogen) atoms. The largest absolute Gasteiger partial charge is 0.357 e. The Morgan fingerprint density at radius 2 is 1.89 bits per heavy atom. The van der Waals surface area contributed by atoms with Crippen LogP contribution in [-0.4, -0.2) is 52.4 Å². The summed E-state index contributed by atoms with van der Waals surface area (Å²) in [6, 6.07) is 6.58. The minimum atomic E-state index is -0.228. The van der Waals surface area contributed by atoms with Gasteiger partial charge in [-0.15, -0.1) is 0 Å². The predicted molar refractivity (Wildman–Crippen MR) is 101 cm³/mol. The molecule has 1 aromatic heterocycles. The number of likely N-dealkylation sites (tertiary alicyclic amines) is 1. The minimum absolute atomic E-state index is 0.00582. The summed E-state index contributed by atoms with van der Waals surface area (Å²) in [5.41, 5.74) is 3.46. The van der Waals surface area contributed by atoms with E-state index >= 15 is 0 Å². The van der Waals surface area contributed by atoms with Crippen molar-refractivity contribution < 1.29 is 9.18 Å². The number of nitrogens with one attached hydrogen (secondary N) is 1. The predicted octanol–water partition coefficient (Wildman–Crippen LogP) is 2.45. The summed E-state index contributed by atoms with van der Waals surface area (Å²) in [6.07, 6.45) is 2.87. The number of carbonyl (C=O) groups excluding carboxylic acids is 1. The molecule has 1 saturated heterocycles. The highest BCUT2D eigenvalue weighted by atomic mass is 19.1. The van der Waals surface area contributed by atoms with Gasteiger partial charge in [0.05, 0.1) is 5.69 Å². The quantitative estimate of drug-likeness (QED) is 0.897. The lowest BCUT2D eigenvalue weighted by Gasteiger charge is -2.30. The summed E-state index contributed by atoms with van der Waals surface area (Å²) < 4.78 is 13.1. The Hall–Kier alpha value is -2.54. The van der Waals surface area contributed by atoms with Crippen molar-refractivity contribution in [3.8, 4) is 0 Å². The molecule has 0 radical (unpaired) electrons. The Bertz CT molecular complexity index is 833. The highest BCUT2D eigenvalue weighted by Gasteiger charge is 2.29. The van der Waals surface area contributed by atoms with Gasteiger partial charge in [-0.3, -0.25) is 9.69 Å². The number of anilines is 1. The van der Waals surface area contributed by atoms with Crippen LogP contribution in [0.25, 0.3) is 0 Å². The van der Waals surface area contributed by atoms with Crippen molar-refractivity contribution in [1.82, 2.24) is 19.8 Å². The van der Waals surface area contributed by atoms with E-state index < -0.39 is 0 Å². The van der Waals surface area contributed by atoms with E-state index in [0.29, 0.717) is 24.7 Å². The molecule has 2 aliphatic rings. The molecule has 1 aromatic carbocycles. The van der Waals surface area contributed by atoms with Gasteiger partial charge < -0.3 is 10.2 Å². The fourth-order valence-electron chi connectivity index (χ4n) is 3.81. The Balaban J connectivity index is 1.60. The number of rotatable bonds is 4. The molecule has 0 atom stereocenters. The molecule has 1 N–H and O–H groups in total. The van der Waals surface area contributed by atoms with Crippen LogP contribution in [0.4, 0.5) is 10.3 Å². The molecule has 1 fully saturated rings. The Morgan fingerprint density at radius 3 is 2.59 bits per heavy atom. The molecule has 4 rings (SSSR count). The number of aromatic nitrogens is 2. The van der Waals surface area contributed by atoms with Gasteiger partial charge in [0.15, 0.2) is 0 Å². The van der Waals surface area contributed by atoms with Crippen molar-refractivity contribution >= 4 is 11.9 Å². The average molecular weight is 369 g/mol. The first-order chi connectivity index (χ1) is 13.1. The Labute approximate surface area is 158 Å². The average Bonchev–Trinajstić information content (AvgIpc) is 3.23. The number of hydrogen-bond donors (Lipinski definition) is 1. The molecule has 7 heteroatoms. The van der Waals surface area contributed by atoms with Gasteiger partial charge in [0.1, 0.15) is 11.5 Å². The van der Waals surface area contributed by atoms with E-state index in [-0.39, 0.29) is 11.7 Å². The van der Waals surface area contributed by atoms with Crippen LogP contribution in [-0.2, 0) is 19.5 Å². The number of nitrogens with zero attached hydrogens (tertiary/aromatic N) is 4. The zero-order valence-corrected chi connectivity index (χ0v) is 15.5. The molecule has 0 saturated carbocycles. The molecule has 0 bridgehead atoms. The highest BCUT2D eigenvalue weighted by Crippen LogP contribution is 2.25. The lowest BCUT2D eigenvalue weighted by atomic mass is 10.0. The number of fused-ring (bicyclic) bond motifs is 1. The van der Waals surface area contributed by atoms with Crippen LogP contribution >= 0.6 is 0 Å². The van der Waals surface area contributed by atoms with Crippen LogP contribution < -0.4 is 5.32 Å². The Morgan fingerprint density at radius 1 is 1.15 bits per heavy atom. The zero-order valence-electron chi connectivity index (χ0n) is 15.5. The fraction of sp³-hybridized carbons (Fsp3) is 0.450. The third-order valence-electron chi connectivity index (χ3n) is 5.28. The van der Waals surface area contributed by atoms with E-state index in [2.05, 4.69) is 20.2 Å². The van der Waals surface area contributed by atoms with E-state index in [1.165, 1.54) is 12.1 Å². The van der Waals surface area contributed by atoms with Crippen LogP contribution in [0.5, 0.6) is 0 Å². The lowest BCUT2D eigenvalue weighted by molar-refractivity contribution is 0.0783. The molecule has 3 heterocycles. The molecule has 142 valence electrons. The van der Waals surface area contributed by atoms with Gasteiger partial charge in [-0.25, -0.2) is 14.4 Å². The summed E-state index contributed by atoms with van der Waals surface area (Å²) in [5, 5.41) is 2.98. The van der Waals surface area contributed by atoms with Crippen molar-refractivity contribution in [2.45, 2.75) is 32.4 Å². The summed E-state index contributed by atoms with van der Waals surface area (Å²) in [5.74, 6) is 0.281. The van der Waals surface area contributed by atoms with Crippen LogP contribution in [0.1, 0.15) is 40.2 Å². The zero-order chi connectivity index (χ0) is 18.8. The van der Waals surface area contributed by atoms with E-state index in [1.54, 1.807) is 7.05 Å². The third kappa shape index (κ3) is 3.78. The van der Waals surface area contributed by atoms with Crippen molar-refractivity contribution in [2.24, 2.45) is 0 Å². The molecule has 2 aliphatic heterocycles. The third-order valence-corrected chi connectivity index (χ3v) is 5.28. The van der Waals surface area contributed by atoms with Gasteiger partial charge in [0.25, 0.3) is 5.91 Å². The normalized spacial score (nSPS) is 17.0. The van der Waals surface area contributed by atoms with E-state index in [0.717, 1.165) is 55.7 Å². The monoisotopic (exact) mass is 369 g/mol. The smallest absolute Gasteiger partial charge is 0.273 e. The topological polar surface area (TPSA) is 61.4 Å². The van der Waals surface area contributed by atoms with Crippen LogP contribution in [0.15, 0.2) is 24.3 Å². The maximum Gasteiger partial charge on any atom is 0.273 e. The maximum absolute atomic E-state index is 13.1. The molecular formula is C20H24FN5O. The molecule has 0 spiro atoms. The van der Waals surface area contributed by atoms with Crippen molar-refractivity contribution in [2.75, 3.05) is 32.0 Å². The first-order valence-electron chi connectivity index (χ1n) is 9.47. The minimum Gasteiger partial charge on any atom is -0.357 e. The molecule has 2 aromatic rings. The number of halogens is 1. The molecule has 1 amide bonds. The summed E-state index contributed by atoms with van der Waals surface area (Å²) in [7, 11) is 1.77. The molecular weight excluding hydrogens is 345 g/mol. The van der Waals surface area contributed by atoms with E-state index in [9.17, 15) is 9.18 Å². The van der Waals surface area contributed by atoms with Crippen LogP contribution in [0, 0.1) is 5.82 Å². The van der Waals surface area contributed by atoms with Crippen molar-refractivity contribution in [3.63, 3.8) is 0 Å². The van der Waals surface area contributed by atoms with Gasteiger partial charge in [0.2, 0.25) is 5.95 Å². The van der Waals surface area contributed by atoms with Gasteiger partial charge in [0, 0.05) is 51.8 Å². The maximum atomic E-state index is 13.1. The second-order valence-electron chi connectivity index (χ2n) is 7.16. The van der Waals surface area contributed by atoms with Gasteiger partial charge in [-0.1, -0.05) is 12.1 Å². The van der Waals surface area contributed by atoms with Crippen molar-refractivity contribution in [1.29, 1.82) is 0 Å². The number of carbonyl (C=O) groups is 1. The molecule has 0 aliphatic carbocycles. The fourth-order valence-corrected chi connectivity index (χ4v) is 3.81. The van der Waals surface area contributed by atoms with Gasteiger partial charge >= 0.3 is 0 Å². The second kappa shape index (κ2) is 7.60. The van der Waals surface area contributed by atoms with Crippen molar-refractivity contribution in [3.05, 3.63) is 52.6 Å². The SMILES string of the molecule is CNc1nc2c(c(C(=O)N3CCCC3)n1)CN(Cc1ccc(F)cc1)CC2. The second-order valence-corrected chi connectivity index (χ2v) is 7.16.